The topological polar surface area (TPSA) is 32.8 Å². The molecule has 7 heteroatoms. The maximum absolute atomic E-state index is 14.2. The molecule has 0 amide bonds. The third kappa shape index (κ3) is 6.35. The van der Waals surface area contributed by atoms with Gasteiger partial charge in [0.2, 0.25) is 0 Å². The molecule has 0 aliphatic heterocycles. The summed E-state index contributed by atoms with van der Waals surface area (Å²) in [5.74, 6) is 0.252. The first-order valence-corrected chi connectivity index (χ1v) is 22.9. The lowest BCUT2D eigenvalue weighted by molar-refractivity contribution is -0.137. The summed E-state index contributed by atoms with van der Waals surface area (Å²) in [6.45, 7) is 11.0. The second-order valence-electron chi connectivity index (χ2n) is 18.4. The molecule has 12 rings (SSSR count). The second-order valence-corrected chi connectivity index (χ2v) is 18.4. The Morgan fingerprint density at radius 3 is 1.24 bits per heavy atom. The first-order valence-electron chi connectivity index (χ1n) is 22.9. The minimum absolute atomic E-state index is 0.0959. The molecule has 0 aliphatic rings. The van der Waals surface area contributed by atoms with Gasteiger partial charge in [-0.25, -0.2) is 0 Å². The Hall–Kier alpha value is -7.77. The molecule has 2 aromatic heterocycles. The quantitative estimate of drug-likeness (QED) is 0.142. The van der Waals surface area contributed by atoms with E-state index in [1.54, 1.807) is 12.1 Å². The van der Waals surface area contributed by atoms with E-state index >= 15 is 0 Å². The summed E-state index contributed by atoms with van der Waals surface area (Å²) in [4.78, 5) is 4.44. The predicted octanol–water partition coefficient (Wildman–Crippen LogP) is 18.9. The lowest BCUT2D eigenvalue weighted by atomic mass is 9.84. The molecular formula is C60H45F3N2O2. The van der Waals surface area contributed by atoms with Crippen LogP contribution in [0.3, 0.4) is 0 Å². The molecule has 0 unspecified atom stereocenters. The molecule has 67 heavy (non-hydrogen) atoms. The summed E-state index contributed by atoms with van der Waals surface area (Å²) in [5, 5.41) is 10.6. The van der Waals surface area contributed by atoms with Gasteiger partial charge in [-0.15, -0.1) is 0 Å². The Labute approximate surface area is 385 Å². The molecule has 2 heterocycles. The molecule has 12 aromatic rings. The highest BCUT2D eigenvalue weighted by Gasteiger charge is 2.32. The van der Waals surface area contributed by atoms with Crippen molar-refractivity contribution in [1.82, 2.24) is 0 Å². The van der Waals surface area contributed by atoms with Crippen molar-refractivity contribution >= 4 is 110 Å². The summed E-state index contributed by atoms with van der Waals surface area (Å²) in [6, 6.07) is 56.3. The van der Waals surface area contributed by atoms with E-state index in [4.69, 9.17) is 8.83 Å². The summed E-state index contributed by atoms with van der Waals surface area (Å²) >= 11 is 0. The van der Waals surface area contributed by atoms with E-state index in [1.807, 2.05) is 60.7 Å². The molecule has 0 spiro atoms. The SMILES string of the molecule is Cc1ccc(N(c2cc(C(C)C)c3ccc4c(N(c5ccc(C(F)(F)F)cc5)c5cccc6c5oc5ccccc56)cc(C(C)C)c5ccc2c3c54)c2cccc3c2oc2ccccc23)cc1. The van der Waals surface area contributed by atoms with Crippen molar-refractivity contribution in [2.24, 2.45) is 0 Å². The highest BCUT2D eigenvalue weighted by Crippen LogP contribution is 2.53. The van der Waals surface area contributed by atoms with Gasteiger partial charge in [-0.05, 0) is 124 Å². The fourth-order valence-corrected chi connectivity index (χ4v) is 10.5. The maximum atomic E-state index is 14.2. The van der Waals surface area contributed by atoms with Crippen LogP contribution in [0.15, 0.2) is 179 Å². The van der Waals surface area contributed by atoms with Gasteiger partial charge in [-0.1, -0.05) is 130 Å². The number of alkyl halides is 3. The molecule has 0 aliphatic carbocycles. The number of hydrogen-bond acceptors (Lipinski definition) is 4. The zero-order valence-corrected chi connectivity index (χ0v) is 37.7. The van der Waals surface area contributed by atoms with Crippen LogP contribution < -0.4 is 9.80 Å². The lowest BCUT2D eigenvalue weighted by Gasteiger charge is -2.31. The number of furan rings is 2. The number of nitrogens with zero attached hydrogens (tertiary/aromatic N) is 2. The largest absolute Gasteiger partial charge is 0.454 e. The third-order valence-electron chi connectivity index (χ3n) is 13.6. The van der Waals surface area contributed by atoms with Gasteiger partial charge in [0.05, 0.1) is 28.3 Å². The van der Waals surface area contributed by atoms with Crippen molar-refractivity contribution in [2.45, 2.75) is 52.6 Å². The molecule has 0 saturated heterocycles. The first-order chi connectivity index (χ1) is 32.4. The standard InChI is InChI=1S/C60H45F3N2O2/c1-34(2)48-32-52(64(38-24-20-36(5)21-25-38)50-16-10-14-44-40-12-6-8-18-54(40)66-58(44)50)46-30-28-43-49(35(3)4)33-53(47-31-29-42(48)56(46)57(43)47)65(39-26-22-37(23-27-39)60(61,62)63)51-17-11-15-45-41-13-7-9-19-55(41)67-59(45)51/h6-35H,1-5H3. The van der Waals surface area contributed by atoms with Crippen LogP contribution in [0.4, 0.5) is 47.3 Å². The van der Waals surface area contributed by atoms with E-state index in [2.05, 4.69) is 129 Å². The number of rotatable bonds is 8. The van der Waals surface area contributed by atoms with Crippen LogP contribution in [0.2, 0.25) is 0 Å². The van der Waals surface area contributed by atoms with Crippen LogP contribution in [0, 0.1) is 6.92 Å². The van der Waals surface area contributed by atoms with E-state index in [9.17, 15) is 13.2 Å². The van der Waals surface area contributed by atoms with Crippen LogP contribution >= 0.6 is 0 Å². The van der Waals surface area contributed by atoms with Crippen LogP contribution in [0.5, 0.6) is 0 Å². The number of fused-ring (bicyclic) bond motifs is 6. The Kier molecular flexibility index (Phi) is 9.20. The number of hydrogen-bond donors (Lipinski definition) is 0. The number of halogens is 3. The molecule has 4 nitrogen and oxygen atoms in total. The average Bonchev–Trinajstić information content (AvgIpc) is 3.91. The highest BCUT2D eigenvalue weighted by molar-refractivity contribution is 6.30. The minimum Gasteiger partial charge on any atom is -0.454 e. The zero-order valence-electron chi connectivity index (χ0n) is 37.7. The number of anilines is 6. The van der Waals surface area contributed by atoms with Crippen LogP contribution in [-0.2, 0) is 6.18 Å². The van der Waals surface area contributed by atoms with Gasteiger partial charge in [0, 0.05) is 43.7 Å². The van der Waals surface area contributed by atoms with Gasteiger partial charge in [0.1, 0.15) is 11.2 Å². The van der Waals surface area contributed by atoms with Gasteiger partial charge in [-0.2, -0.15) is 13.2 Å². The molecular weight excluding hydrogens is 838 g/mol. The van der Waals surface area contributed by atoms with E-state index in [-0.39, 0.29) is 11.8 Å². The smallest absolute Gasteiger partial charge is 0.416 e. The minimum atomic E-state index is -4.49. The normalized spacial score (nSPS) is 12.4. The number of para-hydroxylation sites is 4. The molecule has 0 saturated carbocycles. The van der Waals surface area contributed by atoms with Crippen LogP contribution in [0.1, 0.15) is 61.8 Å². The zero-order chi connectivity index (χ0) is 45.9. The van der Waals surface area contributed by atoms with Crippen LogP contribution in [0.25, 0.3) is 76.2 Å². The second kappa shape index (κ2) is 15.1. The predicted molar refractivity (Wildman–Crippen MR) is 272 cm³/mol. The fourth-order valence-electron chi connectivity index (χ4n) is 10.5. The van der Waals surface area contributed by atoms with Gasteiger partial charge in [0.15, 0.2) is 11.2 Å². The van der Waals surface area contributed by atoms with E-state index in [1.165, 1.54) is 17.7 Å². The van der Waals surface area contributed by atoms with E-state index in [0.717, 1.165) is 110 Å². The summed E-state index contributed by atoms with van der Waals surface area (Å²) in [5.41, 5.74) is 10.9. The Balaban J connectivity index is 1.20. The molecule has 328 valence electrons. The summed E-state index contributed by atoms with van der Waals surface area (Å²) < 4.78 is 56.0. The van der Waals surface area contributed by atoms with Crippen molar-refractivity contribution in [3.05, 3.63) is 192 Å². The number of benzene rings is 10. The molecule has 0 bridgehead atoms. The molecule has 0 N–H and O–H groups in total. The molecule has 0 radical (unpaired) electrons. The van der Waals surface area contributed by atoms with E-state index < -0.39 is 11.7 Å². The molecule has 10 aromatic carbocycles. The van der Waals surface area contributed by atoms with Crippen molar-refractivity contribution in [2.75, 3.05) is 9.80 Å². The molecule has 0 fully saturated rings. The Bertz CT molecular complexity index is 3880. The average molecular weight is 883 g/mol. The monoisotopic (exact) mass is 882 g/mol. The van der Waals surface area contributed by atoms with Gasteiger partial charge in [0.25, 0.3) is 0 Å². The maximum Gasteiger partial charge on any atom is 0.416 e. The molecule has 0 atom stereocenters. The van der Waals surface area contributed by atoms with Crippen molar-refractivity contribution in [3.63, 3.8) is 0 Å². The van der Waals surface area contributed by atoms with Gasteiger partial charge < -0.3 is 18.6 Å². The summed E-state index contributed by atoms with van der Waals surface area (Å²) in [6.07, 6.45) is -4.49. The lowest BCUT2D eigenvalue weighted by Crippen LogP contribution is -2.13. The summed E-state index contributed by atoms with van der Waals surface area (Å²) in [7, 11) is 0. The van der Waals surface area contributed by atoms with Gasteiger partial charge in [-0.3, -0.25) is 0 Å². The van der Waals surface area contributed by atoms with Crippen molar-refractivity contribution < 1.29 is 22.0 Å². The first kappa shape index (κ1) is 40.7. The van der Waals surface area contributed by atoms with E-state index in [0.29, 0.717) is 11.3 Å². The number of aryl methyl sites for hydroxylation is 1. The highest BCUT2D eigenvalue weighted by atomic mass is 19.4. The van der Waals surface area contributed by atoms with Crippen LogP contribution in [-0.4, -0.2) is 0 Å². The van der Waals surface area contributed by atoms with Crippen molar-refractivity contribution in [3.8, 4) is 0 Å². The Morgan fingerprint density at radius 1 is 0.403 bits per heavy atom. The Morgan fingerprint density at radius 2 is 0.806 bits per heavy atom. The van der Waals surface area contributed by atoms with Crippen molar-refractivity contribution in [1.29, 1.82) is 0 Å². The third-order valence-corrected chi connectivity index (χ3v) is 13.6. The fraction of sp³-hybridized carbons (Fsp3) is 0.133. The van der Waals surface area contributed by atoms with Gasteiger partial charge >= 0.3 is 6.18 Å².